The molecule has 0 bridgehead atoms. The number of nitrogens with one attached hydrogen (secondary N) is 2. The summed E-state index contributed by atoms with van der Waals surface area (Å²) < 4.78 is 13.7. The van der Waals surface area contributed by atoms with Crippen LogP contribution >= 0.6 is 15.9 Å². The average molecular weight is 325 g/mol. The minimum absolute atomic E-state index is 0.287. The van der Waals surface area contributed by atoms with Gasteiger partial charge >= 0.3 is 0 Å². The average Bonchev–Trinajstić information content (AvgIpc) is 2.32. The lowest BCUT2D eigenvalue weighted by Crippen LogP contribution is -2.04. The SMILES string of the molecule is CCNc1cc(Nc2ccc(F)cc2Br)nc(C)n1. The molecule has 6 heteroatoms. The molecule has 4 nitrogen and oxygen atoms in total. The van der Waals surface area contributed by atoms with Gasteiger partial charge in [0.1, 0.15) is 23.3 Å². The van der Waals surface area contributed by atoms with E-state index in [9.17, 15) is 4.39 Å². The maximum absolute atomic E-state index is 13.0. The summed E-state index contributed by atoms with van der Waals surface area (Å²) in [5.74, 6) is 1.80. The first-order valence-electron chi connectivity index (χ1n) is 5.90. The predicted molar refractivity (Wildman–Crippen MR) is 78.3 cm³/mol. The smallest absolute Gasteiger partial charge is 0.136 e. The van der Waals surface area contributed by atoms with Crippen molar-refractivity contribution in [3.05, 3.63) is 40.4 Å². The molecule has 2 N–H and O–H groups in total. The molecular formula is C13H14BrFN4. The number of aromatic nitrogens is 2. The molecule has 0 fully saturated rings. The monoisotopic (exact) mass is 324 g/mol. The van der Waals surface area contributed by atoms with Gasteiger partial charge < -0.3 is 10.6 Å². The molecule has 0 saturated heterocycles. The number of hydrogen-bond donors (Lipinski definition) is 2. The molecule has 1 heterocycles. The van der Waals surface area contributed by atoms with Crippen LogP contribution in [0.2, 0.25) is 0 Å². The van der Waals surface area contributed by atoms with Crippen LogP contribution in [-0.4, -0.2) is 16.5 Å². The van der Waals surface area contributed by atoms with Crippen LogP contribution in [0.15, 0.2) is 28.7 Å². The maximum atomic E-state index is 13.0. The predicted octanol–water partition coefficient (Wildman–Crippen LogP) is 3.86. The molecule has 0 aliphatic heterocycles. The minimum Gasteiger partial charge on any atom is -0.370 e. The van der Waals surface area contributed by atoms with Crippen LogP contribution in [0.4, 0.5) is 21.7 Å². The normalized spacial score (nSPS) is 10.3. The zero-order chi connectivity index (χ0) is 13.8. The summed E-state index contributed by atoms with van der Waals surface area (Å²) in [5.41, 5.74) is 0.752. The molecule has 0 amide bonds. The van der Waals surface area contributed by atoms with Gasteiger partial charge in [0, 0.05) is 17.1 Å². The van der Waals surface area contributed by atoms with E-state index in [4.69, 9.17) is 0 Å². The number of aryl methyl sites for hydroxylation is 1. The number of halogens is 2. The Kier molecular flexibility index (Phi) is 4.31. The second-order valence-electron chi connectivity index (χ2n) is 3.97. The van der Waals surface area contributed by atoms with Crippen molar-refractivity contribution in [3.63, 3.8) is 0 Å². The van der Waals surface area contributed by atoms with Gasteiger partial charge in [-0.1, -0.05) is 0 Å². The van der Waals surface area contributed by atoms with E-state index in [1.807, 2.05) is 19.9 Å². The lowest BCUT2D eigenvalue weighted by Gasteiger charge is -2.10. The Hall–Kier alpha value is -1.69. The standard InChI is InChI=1S/C13H14BrFN4/c1-3-16-12-7-13(18-8(2)17-12)19-11-5-4-9(15)6-10(11)14/h4-7H,3H2,1-2H3,(H2,16,17,18,19). The zero-order valence-corrected chi connectivity index (χ0v) is 12.3. The maximum Gasteiger partial charge on any atom is 0.136 e. The molecule has 1 aromatic heterocycles. The summed E-state index contributed by atoms with van der Waals surface area (Å²) in [6.07, 6.45) is 0. The van der Waals surface area contributed by atoms with Crippen LogP contribution in [0.3, 0.4) is 0 Å². The van der Waals surface area contributed by atoms with Crippen LogP contribution in [0.5, 0.6) is 0 Å². The van der Waals surface area contributed by atoms with Crippen LogP contribution < -0.4 is 10.6 Å². The third-order valence-corrected chi connectivity index (χ3v) is 3.05. The number of nitrogens with zero attached hydrogens (tertiary/aromatic N) is 2. The van der Waals surface area contributed by atoms with Crippen molar-refractivity contribution in [1.29, 1.82) is 0 Å². The Balaban J connectivity index is 2.27. The molecular weight excluding hydrogens is 311 g/mol. The van der Waals surface area contributed by atoms with Crippen molar-refractivity contribution in [2.24, 2.45) is 0 Å². The van der Waals surface area contributed by atoms with Crippen molar-refractivity contribution in [2.45, 2.75) is 13.8 Å². The van der Waals surface area contributed by atoms with E-state index in [1.165, 1.54) is 12.1 Å². The third kappa shape index (κ3) is 3.64. The van der Waals surface area contributed by atoms with Gasteiger partial charge in [-0.05, 0) is 48.0 Å². The van der Waals surface area contributed by atoms with Crippen molar-refractivity contribution < 1.29 is 4.39 Å². The summed E-state index contributed by atoms with van der Waals surface area (Å²) in [6.45, 7) is 4.61. The Morgan fingerprint density at radius 3 is 2.63 bits per heavy atom. The van der Waals surface area contributed by atoms with Gasteiger partial charge in [-0.3, -0.25) is 0 Å². The summed E-state index contributed by atoms with van der Waals surface area (Å²) in [4.78, 5) is 8.57. The van der Waals surface area contributed by atoms with E-state index >= 15 is 0 Å². The summed E-state index contributed by atoms with van der Waals surface area (Å²) in [7, 11) is 0. The highest BCUT2D eigenvalue weighted by Crippen LogP contribution is 2.26. The van der Waals surface area contributed by atoms with Crippen LogP contribution in [-0.2, 0) is 0 Å². The molecule has 0 spiro atoms. The van der Waals surface area contributed by atoms with E-state index in [2.05, 4.69) is 36.5 Å². The van der Waals surface area contributed by atoms with E-state index in [1.54, 1.807) is 6.07 Å². The van der Waals surface area contributed by atoms with Crippen molar-refractivity contribution in [2.75, 3.05) is 17.2 Å². The van der Waals surface area contributed by atoms with E-state index in [-0.39, 0.29) is 5.82 Å². The molecule has 19 heavy (non-hydrogen) atoms. The topological polar surface area (TPSA) is 49.8 Å². The van der Waals surface area contributed by atoms with E-state index < -0.39 is 0 Å². The molecule has 0 saturated carbocycles. The molecule has 100 valence electrons. The number of hydrogen-bond acceptors (Lipinski definition) is 4. The Bertz CT molecular complexity index is 589. The molecule has 0 aliphatic carbocycles. The van der Waals surface area contributed by atoms with Crippen molar-refractivity contribution >= 4 is 33.3 Å². The highest BCUT2D eigenvalue weighted by atomic mass is 79.9. The Morgan fingerprint density at radius 2 is 1.95 bits per heavy atom. The number of anilines is 3. The highest BCUT2D eigenvalue weighted by molar-refractivity contribution is 9.10. The van der Waals surface area contributed by atoms with Crippen LogP contribution in [0, 0.1) is 12.7 Å². The molecule has 0 aliphatic rings. The van der Waals surface area contributed by atoms with Crippen LogP contribution in [0.1, 0.15) is 12.7 Å². The second-order valence-corrected chi connectivity index (χ2v) is 4.82. The Labute approximate surface area is 119 Å². The van der Waals surface area contributed by atoms with Crippen molar-refractivity contribution in [3.8, 4) is 0 Å². The third-order valence-electron chi connectivity index (χ3n) is 2.39. The lowest BCUT2D eigenvalue weighted by atomic mass is 10.3. The minimum atomic E-state index is -0.287. The first kappa shape index (κ1) is 13.7. The number of benzene rings is 1. The second kappa shape index (κ2) is 5.97. The fourth-order valence-electron chi connectivity index (χ4n) is 1.63. The van der Waals surface area contributed by atoms with Gasteiger partial charge in [-0.2, -0.15) is 0 Å². The fourth-order valence-corrected chi connectivity index (χ4v) is 2.08. The molecule has 2 rings (SSSR count). The van der Waals surface area contributed by atoms with Gasteiger partial charge in [-0.25, -0.2) is 14.4 Å². The van der Waals surface area contributed by atoms with E-state index in [0.29, 0.717) is 16.1 Å². The summed E-state index contributed by atoms with van der Waals surface area (Å²) in [5, 5.41) is 6.27. The van der Waals surface area contributed by atoms with E-state index in [0.717, 1.165) is 18.1 Å². The van der Waals surface area contributed by atoms with Gasteiger partial charge in [0.05, 0.1) is 5.69 Å². The molecule has 0 radical (unpaired) electrons. The fraction of sp³-hybridized carbons (Fsp3) is 0.231. The first-order valence-corrected chi connectivity index (χ1v) is 6.69. The van der Waals surface area contributed by atoms with Gasteiger partial charge in [0.25, 0.3) is 0 Å². The molecule has 2 aromatic rings. The zero-order valence-electron chi connectivity index (χ0n) is 10.7. The number of rotatable bonds is 4. The quantitative estimate of drug-likeness (QED) is 0.896. The van der Waals surface area contributed by atoms with Crippen LogP contribution in [0.25, 0.3) is 0 Å². The van der Waals surface area contributed by atoms with Gasteiger partial charge in [0.15, 0.2) is 0 Å². The molecule has 0 unspecified atom stereocenters. The first-order chi connectivity index (χ1) is 9.08. The molecule has 0 atom stereocenters. The summed E-state index contributed by atoms with van der Waals surface area (Å²) in [6, 6.07) is 6.27. The highest BCUT2D eigenvalue weighted by Gasteiger charge is 2.05. The van der Waals surface area contributed by atoms with Gasteiger partial charge in [-0.15, -0.1) is 0 Å². The van der Waals surface area contributed by atoms with Gasteiger partial charge in [0.2, 0.25) is 0 Å². The largest absolute Gasteiger partial charge is 0.370 e. The van der Waals surface area contributed by atoms with Crippen molar-refractivity contribution in [1.82, 2.24) is 9.97 Å². The molecule has 1 aromatic carbocycles. The lowest BCUT2D eigenvalue weighted by molar-refractivity contribution is 0.627. The summed E-state index contributed by atoms with van der Waals surface area (Å²) >= 11 is 3.31. The Morgan fingerprint density at radius 1 is 1.21 bits per heavy atom.